The number of hydrogen-bond donors (Lipinski definition) is 2. The van der Waals surface area contributed by atoms with Gasteiger partial charge in [0.15, 0.2) is 0 Å². The lowest BCUT2D eigenvalue weighted by Gasteiger charge is -1.83. The van der Waals surface area contributed by atoms with Gasteiger partial charge < -0.3 is 11.5 Å². The fourth-order valence-electron chi connectivity index (χ4n) is 0.906. The molecule has 0 unspecified atom stereocenters. The molecule has 0 aliphatic carbocycles. The van der Waals surface area contributed by atoms with Gasteiger partial charge >= 0.3 is 0 Å². The average Bonchev–Trinajstić information content (AvgIpc) is 2.76. The second-order valence-corrected chi connectivity index (χ2v) is 3.82. The van der Waals surface area contributed by atoms with E-state index < -0.39 is 0 Å². The summed E-state index contributed by atoms with van der Waals surface area (Å²) in [6.45, 7) is 20.4. The van der Waals surface area contributed by atoms with Gasteiger partial charge in [-0.3, -0.25) is 0 Å². The minimum Gasteiger partial charge on any atom is -0.399 e. The number of unbranched alkanes of at least 4 members (excludes halogenated alkanes) is 1. The van der Waals surface area contributed by atoms with Crippen molar-refractivity contribution in [3.8, 4) is 0 Å². The van der Waals surface area contributed by atoms with E-state index in [1.807, 2.05) is 116 Å². The van der Waals surface area contributed by atoms with Gasteiger partial charge in [0, 0.05) is 11.4 Å². The van der Waals surface area contributed by atoms with Crippen LogP contribution in [-0.2, 0) is 0 Å². The molecule has 0 aromatic heterocycles. The number of rotatable bonds is 1. The Morgan fingerprint density at radius 2 is 0.654 bits per heavy atom. The number of benzene rings is 2. The summed E-state index contributed by atoms with van der Waals surface area (Å²) in [7, 11) is 0. The van der Waals surface area contributed by atoms with Crippen LogP contribution in [-0.4, -0.2) is 0 Å². The molecule has 2 aromatic rings. The first kappa shape index (κ1) is 35.2. The van der Waals surface area contributed by atoms with Crippen molar-refractivity contribution in [2.24, 2.45) is 0 Å². The second kappa shape index (κ2) is 43.5. The molecule has 4 N–H and O–H groups in total. The minimum absolute atomic E-state index is 0.822. The lowest BCUT2D eigenvalue weighted by molar-refractivity contribution is 0.886. The van der Waals surface area contributed by atoms with Crippen molar-refractivity contribution in [2.45, 2.75) is 82.1 Å². The van der Waals surface area contributed by atoms with E-state index in [0.717, 1.165) is 11.4 Å². The third-order valence-corrected chi connectivity index (χ3v) is 2.10. The number of nitrogens with two attached hydrogens (primary N) is 2. The van der Waals surface area contributed by atoms with Gasteiger partial charge in [-0.25, -0.2) is 0 Å². The highest BCUT2D eigenvalue weighted by Crippen LogP contribution is 1.96. The molecule has 2 rings (SSSR count). The Morgan fingerprint density at radius 3 is 0.731 bits per heavy atom. The van der Waals surface area contributed by atoms with Gasteiger partial charge in [-0.05, 0) is 24.3 Å². The fraction of sp³-hybridized carbons (Fsp3) is 0.500. The summed E-state index contributed by atoms with van der Waals surface area (Å²) in [4.78, 5) is 0. The van der Waals surface area contributed by atoms with Crippen LogP contribution >= 0.6 is 0 Å². The van der Waals surface area contributed by atoms with Crippen LogP contribution < -0.4 is 11.5 Å². The Bertz CT molecular complexity index is 332. The molecule has 0 atom stereocenters. The van der Waals surface area contributed by atoms with E-state index >= 15 is 0 Å². The van der Waals surface area contributed by atoms with Crippen LogP contribution in [0.4, 0.5) is 11.4 Å². The number of nitrogen functional groups attached to an aromatic ring is 2. The normalized spacial score (nSPS) is 6.69. The monoisotopic (exact) mass is 364 g/mol. The first-order chi connectivity index (χ1) is 12.7. The molecule has 0 fully saturated rings. The van der Waals surface area contributed by atoms with Crippen LogP contribution in [0.1, 0.15) is 82.1 Å². The molecule has 0 aliphatic rings. The standard InChI is InChI=1S/2C6H7N.C4H10.4C2H6/c2*7-6-4-2-1-3-5-6;1-3-4-2;4*1-2/h2*1-5H,7H2;3-4H2,1-2H3;4*1-2H3. The summed E-state index contributed by atoms with van der Waals surface area (Å²) < 4.78 is 0. The summed E-state index contributed by atoms with van der Waals surface area (Å²) in [5, 5.41) is 0. The number of anilines is 2. The van der Waals surface area contributed by atoms with Crippen LogP contribution in [0, 0.1) is 0 Å². The van der Waals surface area contributed by atoms with Crippen LogP contribution in [0.2, 0.25) is 0 Å². The van der Waals surface area contributed by atoms with E-state index in [1.165, 1.54) is 12.8 Å². The molecule has 26 heavy (non-hydrogen) atoms. The highest BCUT2D eigenvalue weighted by Gasteiger charge is 1.72. The Morgan fingerprint density at radius 1 is 0.462 bits per heavy atom. The molecule has 2 nitrogen and oxygen atoms in total. The summed E-state index contributed by atoms with van der Waals surface area (Å²) in [6.07, 6.45) is 2.64. The maximum atomic E-state index is 5.36. The van der Waals surface area contributed by atoms with E-state index in [2.05, 4.69) is 13.8 Å². The predicted octanol–water partition coefficient (Wildman–Crippen LogP) is 8.45. The molecule has 0 heterocycles. The summed E-state index contributed by atoms with van der Waals surface area (Å²) in [6, 6.07) is 19.0. The molecule has 0 radical (unpaired) electrons. The van der Waals surface area contributed by atoms with E-state index in [4.69, 9.17) is 11.5 Å². The zero-order valence-electron chi connectivity index (χ0n) is 19.3. The van der Waals surface area contributed by atoms with Gasteiger partial charge in [-0.15, -0.1) is 0 Å². The molecular formula is C24H48N2. The van der Waals surface area contributed by atoms with E-state index in [1.54, 1.807) is 0 Å². The van der Waals surface area contributed by atoms with Crippen molar-refractivity contribution in [1.82, 2.24) is 0 Å². The first-order valence-electron chi connectivity index (χ1n) is 10.3. The van der Waals surface area contributed by atoms with Crippen molar-refractivity contribution < 1.29 is 0 Å². The zero-order chi connectivity index (χ0) is 21.6. The van der Waals surface area contributed by atoms with Crippen LogP contribution in [0.25, 0.3) is 0 Å². The van der Waals surface area contributed by atoms with E-state index in [0.29, 0.717) is 0 Å². The van der Waals surface area contributed by atoms with Gasteiger partial charge in [-0.1, -0.05) is 118 Å². The molecule has 0 spiro atoms. The van der Waals surface area contributed by atoms with Gasteiger partial charge in [0.1, 0.15) is 0 Å². The Kier molecular flexibility index (Phi) is 58.9. The molecule has 2 aromatic carbocycles. The van der Waals surface area contributed by atoms with Crippen LogP contribution in [0.5, 0.6) is 0 Å². The van der Waals surface area contributed by atoms with Crippen LogP contribution in [0.15, 0.2) is 60.7 Å². The largest absolute Gasteiger partial charge is 0.399 e. The Balaban J connectivity index is -0.0000000728. The molecule has 2 heteroatoms. The Hall–Kier alpha value is -1.96. The Labute approximate surface area is 166 Å². The second-order valence-electron chi connectivity index (χ2n) is 3.82. The summed E-state index contributed by atoms with van der Waals surface area (Å²) in [5.41, 5.74) is 12.4. The highest BCUT2D eigenvalue weighted by atomic mass is 14.5. The maximum Gasteiger partial charge on any atom is 0.0313 e. The third kappa shape index (κ3) is 43.1. The smallest absolute Gasteiger partial charge is 0.0313 e. The quantitative estimate of drug-likeness (QED) is 0.498. The third-order valence-electron chi connectivity index (χ3n) is 2.10. The predicted molar refractivity (Wildman–Crippen MR) is 128 cm³/mol. The van der Waals surface area contributed by atoms with Crippen molar-refractivity contribution in [3.63, 3.8) is 0 Å². The van der Waals surface area contributed by atoms with Gasteiger partial charge in [0.05, 0.1) is 0 Å². The van der Waals surface area contributed by atoms with Crippen LogP contribution in [0.3, 0.4) is 0 Å². The topological polar surface area (TPSA) is 52.0 Å². The van der Waals surface area contributed by atoms with Gasteiger partial charge in [-0.2, -0.15) is 0 Å². The first-order valence-corrected chi connectivity index (χ1v) is 10.3. The maximum absolute atomic E-state index is 5.36. The molecule has 0 amide bonds. The van der Waals surface area contributed by atoms with Crippen molar-refractivity contribution in [1.29, 1.82) is 0 Å². The number of hydrogen-bond acceptors (Lipinski definition) is 2. The zero-order valence-corrected chi connectivity index (χ0v) is 19.3. The molecule has 0 saturated carbocycles. The fourth-order valence-corrected chi connectivity index (χ4v) is 0.906. The van der Waals surface area contributed by atoms with E-state index in [-0.39, 0.29) is 0 Å². The van der Waals surface area contributed by atoms with Crippen molar-refractivity contribution in [3.05, 3.63) is 60.7 Å². The van der Waals surface area contributed by atoms with Crippen molar-refractivity contribution in [2.75, 3.05) is 11.5 Å². The summed E-state index contributed by atoms with van der Waals surface area (Å²) >= 11 is 0. The van der Waals surface area contributed by atoms with E-state index in [9.17, 15) is 0 Å². The summed E-state index contributed by atoms with van der Waals surface area (Å²) in [5.74, 6) is 0. The minimum atomic E-state index is 0.822. The number of para-hydroxylation sites is 2. The van der Waals surface area contributed by atoms with Gasteiger partial charge in [0.25, 0.3) is 0 Å². The molecule has 0 aliphatic heterocycles. The molecule has 154 valence electrons. The van der Waals surface area contributed by atoms with Crippen molar-refractivity contribution >= 4 is 11.4 Å². The molecular weight excluding hydrogens is 316 g/mol. The molecule has 0 saturated heterocycles. The van der Waals surface area contributed by atoms with Gasteiger partial charge in [0.2, 0.25) is 0 Å². The lowest BCUT2D eigenvalue weighted by Crippen LogP contribution is -1.79. The molecule has 0 bridgehead atoms. The average molecular weight is 365 g/mol. The highest BCUT2D eigenvalue weighted by molar-refractivity contribution is 5.36. The lowest BCUT2D eigenvalue weighted by atomic mass is 10.3. The SMILES string of the molecule is CC.CC.CC.CC.CCCC.Nc1ccccc1.Nc1ccccc1.